The van der Waals surface area contributed by atoms with E-state index in [-0.39, 0.29) is 30.2 Å². The van der Waals surface area contributed by atoms with Gasteiger partial charge in [-0.05, 0) is 42.3 Å². The van der Waals surface area contributed by atoms with Gasteiger partial charge >= 0.3 is 6.18 Å². The second-order valence-electron chi connectivity index (χ2n) is 7.93. The first kappa shape index (κ1) is 23.9. The number of aromatic nitrogens is 2. The predicted octanol–water partition coefficient (Wildman–Crippen LogP) is 2.98. The minimum atomic E-state index is -4.49. The summed E-state index contributed by atoms with van der Waals surface area (Å²) in [5, 5.41) is 13.4. The normalized spacial score (nSPS) is 19.6. The first-order valence-electron chi connectivity index (χ1n) is 10.3. The van der Waals surface area contributed by atoms with Crippen molar-refractivity contribution in [3.8, 4) is 11.1 Å². The molecule has 34 heavy (non-hydrogen) atoms. The van der Waals surface area contributed by atoms with Crippen LogP contribution in [0.2, 0.25) is 0 Å². The van der Waals surface area contributed by atoms with E-state index in [9.17, 15) is 26.7 Å². The third-order valence-corrected chi connectivity index (χ3v) is 7.43. The van der Waals surface area contributed by atoms with E-state index in [1.807, 2.05) is 0 Å². The lowest BCUT2D eigenvalue weighted by atomic mass is 10.0. The molecule has 180 valence electrons. The van der Waals surface area contributed by atoms with E-state index in [1.54, 1.807) is 24.4 Å². The molecule has 1 aromatic carbocycles. The number of aliphatic hydroxyl groups excluding tert-OH is 1. The number of nitrogens with zero attached hydrogens (tertiary/aromatic N) is 3. The highest BCUT2D eigenvalue weighted by atomic mass is 32.2. The predicted molar refractivity (Wildman–Crippen MR) is 120 cm³/mol. The minimum Gasteiger partial charge on any atom is -0.397 e. The van der Waals surface area contributed by atoms with Gasteiger partial charge in [0, 0.05) is 37.2 Å². The molecule has 0 aliphatic carbocycles. The number of aliphatic hydroxyl groups is 1. The zero-order chi connectivity index (χ0) is 24.5. The van der Waals surface area contributed by atoms with Crippen LogP contribution in [0, 0.1) is 0 Å². The molecular formula is C22H22F3N5O3S. The Morgan fingerprint density at radius 1 is 1.06 bits per heavy atom. The van der Waals surface area contributed by atoms with Gasteiger partial charge in [-0.25, -0.2) is 13.4 Å². The molecule has 3 heterocycles. The van der Waals surface area contributed by atoms with Crippen LogP contribution >= 0.6 is 0 Å². The Bertz CT molecular complexity index is 1250. The number of alkyl halides is 3. The summed E-state index contributed by atoms with van der Waals surface area (Å²) in [5.41, 5.74) is 6.87. The molecule has 1 saturated heterocycles. The van der Waals surface area contributed by atoms with E-state index in [0.717, 1.165) is 17.2 Å². The molecule has 0 radical (unpaired) electrons. The summed E-state index contributed by atoms with van der Waals surface area (Å²) in [6.07, 6.45) is -1.48. The molecule has 2 atom stereocenters. The smallest absolute Gasteiger partial charge is 0.397 e. The van der Waals surface area contributed by atoms with Gasteiger partial charge in [0.1, 0.15) is 5.82 Å². The van der Waals surface area contributed by atoms with Crippen LogP contribution in [0.3, 0.4) is 0 Å². The van der Waals surface area contributed by atoms with E-state index in [4.69, 9.17) is 5.73 Å². The van der Waals surface area contributed by atoms with Crippen LogP contribution in [0.15, 0.2) is 66.0 Å². The summed E-state index contributed by atoms with van der Waals surface area (Å²) >= 11 is 0. The molecule has 8 nitrogen and oxygen atoms in total. The Labute approximate surface area is 194 Å². The van der Waals surface area contributed by atoms with Gasteiger partial charge in [0.05, 0.1) is 28.3 Å². The first-order valence-corrected chi connectivity index (χ1v) is 11.8. The number of hydrogen-bond donors (Lipinski definition) is 3. The number of halogens is 3. The van der Waals surface area contributed by atoms with Crippen molar-refractivity contribution in [2.24, 2.45) is 0 Å². The molecule has 3 aromatic rings. The molecule has 0 spiro atoms. The maximum Gasteiger partial charge on any atom is 0.417 e. The Hall–Kier alpha value is -3.22. The highest BCUT2D eigenvalue weighted by molar-refractivity contribution is 7.89. The summed E-state index contributed by atoms with van der Waals surface area (Å²) in [6.45, 7) is -0.0416. The number of piperidine rings is 1. The lowest BCUT2D eigenvalue weighted by molar-refractivity contribution is -0.137. The molecule has 1 aliphatic heterocycles. The summed E-state index contributed by atoms with van der Waals surface area (Å²) in [6, 6.07) is 9.52. The summed E-state index contributed by atoms with van der Waals surface area (Å²) in [7, 11) is -3.86. The number of benzene rings is 1. The molecule has 0 saturated carbocycles. The monoisotopic (exact) mass is 493 g/mol. The molecule has 1 aliphatic rings. The Kier molecular flexibility index (Phi) is 6.47. The molecular weight excluding hydrogens is 471 g/mol. The van der Waals surface area contributed by atoms with E-state index < -0.39 is 33.9 Å². The van der Waals surface area contributed by atoms with E-state index >= 15 is 0 Å². The lowest BCUT2D eigenvalue weighted by Crippen LogP contribution is -2.51. The van der Waals surface area contributed by atoms with Crippen LogP contribution in [0.1, 0.15) is 12.0 Å². The summed E-state index contributed by atoms with van der Waals surface area (Å²) in [5.74, 6) is 0.167. The average molecular weight is 494 g/mol. The van der Waals surface area contributed by atoms with Crippen LogP contribution < -0.4 is 11.1 Å². The molecule has 4 rings (SSSR count). The van der Waals surface area contributed by atoms with Crippen molar-refractivity contribution in [2.75, 3.05) is 24.1 Å². The van der Waals surface area contributed by atoms with Crippen LogP contribution in [0.5, 0.6) is 0 Å². The SMILES string of the molecule is Nc1cncc(-c2ccc(S(=O)(=O)N3CC[C@@H](Nc4ccc(C(F)(F)F)cn4)[C@@H](O)C3)cc2)c1. The van der Waals surface area contributed by atoms with E-state index in [0.29, 0.717) is 11.9 Å². The minimum absolute atomic E-state index is 0.0797. The Balaban J connectivity index is 1.42. The highest BCUT2D eigenvalue weighted by Crippen LogP contribution is 2.30. The van der Waals surface area contributed by atoms with Crippen LogP contribution in [0.25, 0.3) is 11.1 Å². The number of anilines is 2. The van der Waals surface area contributed by atoms with Crippen LogP contribution in [0.4, 0.5) is 24.7 Å². The summed E-state index contributed by atoms with van der Waals surface area (Å²) in [4.78, 5) is 7.85. The number of pyridine rings is 2. The largest absolute Gasteiger partial charge is 0.417 e. The summed E-state index contributed by atoms with van der Waals surface area (Å²) < 4.78 is 65.4. The lowest BCUT2D eigenvalue weighted by Gasteiger charge is -2.35. The van der Waals surface area contributed by atoms with Gasteiger partial charge < -0.3 is 16.2 Å². The maximum absolute atomic E-state index is 13.1. The first-order chi connectivity index (χ1) is 16.0. The zero-order valence-corrected chi connectivity index (χ0v) is 18.6. The van der Waals surface area contributed by atoms with Gasteiger partial charge in [-0.3, -0.25) is 4.98 Å². The van der Waals surface area contributed by atoms with Gasteiger partial charge in [0.2, 0.25) is 10.0 Å². The number of nitrogen functional groups attached to an aromatic ring is 1. The number of β-amino-alcohol motifs (C(OH)–C–C–N with tert-alkyl or cyclic N) is 1. The van der Waals surface area contributed by atoms with Gasteiger partial charge in [-0.1, -0.05) is 12.1 Å². The van der Waals surface area contributed by atoms with Gasteiger partial charge in [-0.15, -0.1) is 0 Å². The van der Waals surface area contributed by atoms with Crippen molar-refractivity contribution in [1.29, 1.82) is 0 Å². The van der Waals surface area contributed by atoms with Gasteiger partial charge in [0.25, 0.3) is 0 Å². The molecule has 12 heteroatoms. The van der Waals surface area contributed by atoms with Crippen LogP contribution in [-0.4, -0.2) is 53.0 Å². The molecule has 0 bridgehead atoms. The van der Waals surface area contributed by atoms with Crippen LogP contribution in [-0.2, 0) is 16.2 Å². The van der Waals surface area contributed by atoms with Crippen molar-refractivity contribution in [2.45, 2.75) is 29.6 Å². The van der Waals surface area contributed by atoms with Crippen molar-refractivity contribution < 1.29 is 26.7 Å². The Morgan fingerprint density at radius 2 is 1.79 bits per heavy atom. The molecule has 1 fully saturated rings. The second kappa shape index (κ2) is 9.20. The van der Waals surface area contributed by atoms with Crippen molar-refractivity contribution in [3.63, 3.8) is 0 Å². The van der Waals surface area contributed by atoms with Crippen molar-refractivity contribution in [1.82, 2.24) is 14.3 Å². The third-order valence-electron chi connectivity index (χ3n) is 5.55. The fourth-order valence-corrected chi connectivity index (χ4v) is 5.18. The molecule has 2 aromatic heterocycles. The fourth-order valence-electron chi connectivity index (χ4n) is 3.71. The highest BCUT2D eigenvalue weighted by Gasteiger charge is 2.35. The second-order valence-corrected chi connectivity index (χ2v) is 9.87. The molecule has 0 amide bonds. The van der Waals surface area contributed by atoms with Crippen molar-refractivity contribution in [3.05, 3.63) is 66.6 Å². The van der Waals surface area contributed by atoms with Gasteiger partial charge in [-0.2, -0.15) is 17.5 Å². The molecule has 4 N–H and O–H groups in total. The zero-order valence-electron chi connectivity index (χ0n) is 17.8. The average Bonchev–Trinajstić information content (AvgIpc) is 2.80. The quantitative estimate of drug-likeness (QED) is 0.500. The number of hydrogen-bond acceptors (Lipinski definition) is 7. The van der Waals surface area contributed by atoms with E-state index in [1.165, 1.54) is 28.7 Å². The Morgan fingerprint density at radius 3 is 2.38 bits per heavy atom. The van der Waals surface area contributed by atoms with Crippen molar-refractivity contribution >= 4 is 21.5 Å². The molecule has 0 unspecified atom stereocenters. The number of nitrogens with one attached hydrogen (secondary N) is 1. The standard InChI is InChI=1S/C22H22F3N5O3S/c23-22(24,25)16-3-6-21(28-11-16)29-19-7-8-30(13-20(19)31)34(32,33)18-4-1-14(2-5-18)15-9-17(26)12-27-10-15/h1-6,9-12,19-20,31H,7-8,13,26H2,(H,28,29)/t19-,20+/m1/s1. The number of sulfonamides is 1. The number of nitrogens with two attached hydrogens (primary N) is 1. The van der Waals surface area contributed by atoms with E-state index in [2.05, 4.69) is 15.3 Å². The maximum atomic E-state index is 13.1. The fraction of sp³-hybridized carbons (Fsp3) is 0.273. The number of rotatable bonds is 5. The van der Waals surface area contributed by atoms with Gasteiger partial charge in [0.15, 0.2) is 0 Å². The topological polar surface area (TPSA) is 121 Å². The third kappa shape index (κ3) is 5.13.